The van der Waals surface area contributed by atoms with Crippen LogP contribution in [0.25, 0.3) is 0 Å². The summed E-state index contributed by atoms with van der Waals surface area (Å²) in [5.41, 5.74) is 0. The van der Waals surface area contributed by atoms with Crippen molar-refractivity contribution in [3.63, 3.8) is 0 Å². The van der Waals surface area contributed by atoms with Crippen molar-refractivity contribution in [3.05, 3.63) is 0 Å². The normalized spacial score (nSPS) is 8.29. The van der Waals surface area contributed by atoms with Crippen LogP contribution in [0.1, 0.15) is 0 Å². The summed E-state index contributed by atoms with van der Waals surface area (Å²) >= 11 is -5.12. The van der Waals surface area contributed by atoms with E-state index in [4.69, 9.17) is 16.0 Å². The second kappa shape index (κ2) is 4.75. The summed E-state index contributed by atoms with van der Waals surface area (Å²) in [7, 11) is 0. The Bertz CT molecular complexity index is 91.2. The van der Waals surface area contributed by atoms with Gasteiger partial charge < -0.3 is 5.48 Å². The van der Waals surface area contributed by atoms with Crippen molar-refractivity contribution >= 4 is 18.9 Å². The third kappa shape index (κ3) is 391. The van der Waals surface area contributed by atoms with Gasteiger partial charge in [-0.1, -0.05) is 0 Å². The zero-order valence-corrected chi connectivity index (χ0v) is 3.77. The first-order valence-corrected chi connectivity index (χ1v) is 2.67. The van der Waals surface area contributed by atoms with E-state index >= 15 is 0 Å². The summed E-state index contributed by atoms with van der Waals surface area (Å²) < 4.78 is 31.8. The molecule has 0 atom stereocenters. The third-order valence-electron chi connectivity index (χ3n) is 0. The SMILES string of the molecule is O.[LiH].[O]=[Mn](=[O])([OH])[OH]. The van der Waals surface area contributed by atoms with Crippen molar-refractivity contribution in [1.82, 2.24) is 0 Å². The van der Waals surface area contributed by atoms with Gasteiger partial charge in [-0.2, -0.15) is 0 Å². The fraction of sp³-hybridized carbons (Fsp3) is 0. The van der Waals surface area contributed by atoms with Crippen LogP contribution in [-0.4, -0.2) is 32.7 Å². The summed E-state index contributed by atoms with van der Waals surface area (Å²) in [6.07, 6.45) is 0. The van der Waals surface area contributed by atoms with Gasteiger partial charge >= 0.3 is 48.3 Å². The average molecular weight is 147 g/mol. The molecule has 4 N–H and O–H groups in total. The van der Waals surface area contributed by atoms with Crippen LogP contribution in [0.3, 0.4) is 0 Å². The molecule has 0 amide bonds. The number of rotatable bonds is 0. The van der Waals surface area contributed by atoms with E-state index in [-0.39, 0.29) is 24.3 Å². The van der Waals surface area contributed by atoms with Gasteiger partial charge in [0.2, 0.25) is 0 Å². The van der Waals surface area contributed by atoms with E-state index in [2.05, 4.69) is 0 Å². The molecule has 0 unspecified atom stereocenters. The molecule has 0 aromatic heterocycles. The fourth-order valence-electron chi connectivity index (χ4n) is 0. The second-order valence-electron chi connectivity index (χ2n) is 0.415. The van der Waals surface area contributed by atoms with Gasteiger partial charge in [-0.05, 0) is 0 Å². The predicted octanol–water partition coefficient (Wildman–Crippen LogP) is -2.83. The van der Waals surface area contributed by atoms with E-state index in [0.717, 1.165) is 0 Å². The molecule has 0 aliphatic carbocycles. The minimum atomic E-state index is -5.12. The van der Waals surface area contributed by atoms with Crippen molar-refractivity contribution in [2.24, 2.45) is 0 Å². The zero-order chi connectivity index (χ0) is 4.50. The zero-order valence-electron chi connectivity index (χ0n) is 2.59. The molecular formula is H5LiMnO5. The minimum absolute atomic E-state index is 0. The van der Waals surface area contributed by atoms with Gasteiger partial charge in [-0.15, -0.1) is 0 Å². The van der Waals surface area contributed by atoms with Crippen molar-refractivity contribution in [3.8, 4) is 0 Å². The molecule has 0 aromatic carbocycles. The molecule has 0 aromatic rings. The summed E-state index contributed by atoms with van der Waals surface area (Å²) in [5.74, 6) is 0. The van der Waals surface area contributed by atoms with E-state index in [1.807, 2.05) is 0 Å². The average Bonchev–Trinajstić information content (AvgIpc) is 0.722. The van der Waals surface area contributed by atoms with Crippen molar-refractivity contribution in [1.29, 1.82) is 0 Å². The molecule has 0 rings (SSSR count). The van der Waals surface area contributed by atoms with E-state index in [9.17, 15) is 0 Å². The summed E-state index contributed by atoms with van der Waals surface area (Å²) in [6.45, 7) is 0. The molecule has 0 radical (unpaired) electrons. The topological polar surface area (TPSA) is 106 Å². The van der Waals surface area contributed by atoms with Crippen LogP contribution in [0.15, 0.2) is 0 Å². The molecule has 0 saturated heterocycles. The summed E-state index contributed by atoms with van der Waals surface area (Å²) in [5, 5.41) is 0. The summed E-state index contributed by atoms with van der Waals surface area (Å²) in [6, 6.07) is 0. The number of hydrogen-bond acceptors (Lipinski definition) is 2. The third-order valence-corrected chi connectivity index (χ3v) is 0. The molecule has 0 aliphatic rings. The maximum atomic E-state index is 8.80. The quantitative estimate of drug-likeness (QED) is 0.360. The van der Waals surface area contributed by atoms with E-state index in [1.165, 1.54) is 0 Å². The summed E-state index contributed by atoms with van der Waals surface area (Å²) in [4.78, 5) is 0. The van der Waals surface area contributed by atoms with Crippen LogP contribution in [0, 0.1) is 0 Å². The Kier molecular flexibility index (Phi) is 10.6. The van der Waals surface area contributed by atoms with E-state index < -0.39 is 13.4 Å². The molecule has 0 fully saturated rings. The van der Waals surface area contributed by atoms with Crippen LogP contribution in [0.5, 0.6) is 0 Å². The first-order valence-electron chi connectivity index (χ1n) is 0.647. The first kappa shape index (κ1) is 15.6. The van der Waals surface area contributed by atoms with Crippen LogP contribution < -0.4 is 0 Å². The van der Waals surface area contributed by atoms with Gasteiger partial charge in [-0.3, -0.25) is 0 Å². The van der Waals surface area contributed by atoms with Gasteiger partial charge in [0, 0.05) is 0 Å². The van der Waals surface area contributed by atoms with Crippen LogP contribution in [-0.2, 0) is 21.0 Å². The monoisotopic (exact) mass is 147 g/mol. The van der Waals surface area contributed by atoms with Gasteiger partial charge in [0.05, 0.1) is 0 Å². The molecule has 7 heteroatoms. The van der Waals surface area contributed by atoms with Crippen LogP contribution >= 0.6 is 0 Å². The Morgan fingerprint density at radius 1 is 1.14 bits per heavy atom. The van der Waals surface area contributed by atoms with Gasteiger partial charge in [0.1, 0.15) is 0 Å². The predicted molar refractivity (Wildman–Crippen MR) is 16.6 cm³/mol. The van der Waals surface area contributed by atoms with Crippen molar-refractivity contribution < 1.29 is 34.9 Å². The molecule has 43 valence electrons. The Labute approximate surface area is 54.1 Å². The molecule has 7 heavy (non-hydrogen) atoms. The Hall–Kier alpha value is 0.597. The van der Waals surface area contributed by atoms with Crippen molar-refractivity contribution in [2.75, 3.05) is 0 Å². The molecule has 0 heterocycles. The van der Waals surface area contributed by atoms with E-state index in [1.54, 1.807) is 0 Å². The first-order chi connectivity index (χ1) is 2.00. The molecule has 5 nitrogen and oxygen atoms in total. The Morgan fingerprint density at radius 2 is 1.14 bits per heavy atom. The molecular weight excluding hydrogens is 142 g/mol. The van der Waals surface area contributed by atoms with Gasteiger partial charge in [0.25, 0.3) is 0 Å². The van der Waals surface area contributed by atoms with Gasteiger partial charge in [-0.25, -0.2) is 0 Å². The molecule has 0 bridgehead atoms. The molecule has 0 saturated carbocycles. The fourth-order valence-corrected chi connectivity index (χ4v) is 0. The van der Waals surface area contributed by atoms with Crippen molar-refractivity contribution in [2.45, 2.75) is 0 Å². The molecule has 0 spiro atoms. The standard InChI is InChI=1S/Li.Mn.3H2O.2O.H/h;;3*1H2;;;/q;+2;;;;;;/p-2. The molecule has 0 aliphatic heterocycles. The number of hydrogen-bond donors (Lipinski definition) is 2. The maximum absolute atomic E-state index is 8.80. The Morgan fingerprint density at radius 3 is 1.14 bits per heavy atom. The second-order valence-corrected chi connectivity index (χ2v) is 1.71. The van der Waals surface area contributed by atoms with E-state index in [0.29, 0.717) is 0 Å². The van der Waals surface area contributed by atoms with Crippen LogP contribution in [0.2, 0.25) is 0 Å². The Balaban J connectivity index is -0.0000000800. The van der Waals surface area contributed by atoms with Crippen LogP contribution in [0.4, 0.5) is 0 Å². The van der Waals surface area contributed by atoms with Gasteiger partial charge in [0.15, 0.2) is 0 Å².